The zero-order valence-corrected chi connectivity index (χ0v) is 15.0. The smallest absolute Gasteiger partial charge is 0.319 e. The van der Waals surface area contributed by atoms with Gasteiger partial charge in [0.1, 0.15) is 11.6 Å². The summed E-state index contributed by atoms with van der Waals surface area (Å²) in [5, 5.41) is 6.02. The van der Waals surface area contributed by atoms with E-state index in [0.29, 0.717) is 16.5 Å². The molecule has 1 aliphatic rings. The van der Waals surface area contributed by atoms with Crippen LogP contribution in [0.25, 0.3) is 0 Å². The molecule has 1 aliphatic heterocycles. The highest BCUT2D eigenvalue weighted by Crippen LogP contribution is 2.22. The Bertz CT molecular complexity index is 746. The van der Waals surface area contributed by atoms with E-state index in [2.05, 4.69) is 25.5 Å². The van der Waals surface area contributed by atoms with Gasteiger partial charge in [0.25, 0.3) is 0 Å². The summed E-state index contributed by atoms with van der Waals surface area (Å²) in [5.41, 5.74) is 1.62. The lowest BCUT2D eigenvalue weighted by Gasteiger charge is -2.27. The number of hydrogen-bond donors (Lipinski definition) is 2. The lowest BCUT2D eigenvalue weighted by Crippen LogP contribution is -2.31. The van der Waals surface area contributed by atoms with E-state index in [1.807, 2.05) is 25.1 Å². The number of amides is 2. The molecule has 2 heterocycles. The second kappa shape index (κ2) is 8.16. The number of anilines is 2. The van der Waals surface area contributed by atoms with Crippen LogP contribution in [0.1, 0.15) is 30.7 Å². The number of hydrogen-bond acceptors (Lipinski definition) is 4. The molecule has 2 N–H and O–H groups in total. The van der Waals surface area contributed by atoms with Gasteiger partial charge in [-0.3, -0.25) is 0 Å². The number of aryl methyl sites for hydroxylation is 1. The van der Waals surface area contributed by atoms with Gasteiger partial charge in [0.05, 0.1) is 17.3 Å². The van der Waals surface area contributed by atoms with E-state index in [-0.39, 0.29) is 12.6 Å². The molecule has 0 saturated carbocycles. The Labute approximate surface area is 152 Å². The molecular weight excluding hydrogens is 338 g/mol. The van der Waals surface area contributed by atoms with Crippen molar-refractivity contribution in [2.24, 2.45) is 0 Å². The van der Waals surface area contributed by atoms with Gasteiger partial charge in [0.2, 0.25) is 0 Å². The highest BCUT2D eigenvalue weighted by Gasteiger charge is 2.13. The molecule has 1 saturated heterocycles. The number of urea groups is 1. The van der Waals surface area contributed by atoms with Gasteiger partial charge in [-0.05, 0) is 49.9 Å². The van der Waals surface area contributed by atoms with Crippen molar-refractivity contribution in [2.75, 3.05) is 23.3 Å². The number of piperidine rings is 1. The number of halogens is 1. The third-order valence-corrected chi connectivity index (χ3v) is 4.46. The Hall–Kier alpha value is -2.34. The minimum Gasteiger partial charge on any atom is -0.357 e. The van der Waals surface area contributed by atoms with E-state index in [4.69, 9.17) is 11.6 Å². The molecule has 7 heteroatoms. The molecule has 132 valence electrons. The van der Waals surface area contributed by atoms with Crippen LogP contribution in [0.4, 0.5) is 16.3 Å². The van der Waals surface area contributed by atoms with E-state index in [1.165, 1.54) is 19.3 Å². The molecule has 0 atom stereocenters. The first-order valence-corrected chi connectivity index (χ1v) is 8.87. The van der Waals surface area contributed by atoms with Crippen molar-refractivity contribution in [2.45, 2.75) is 32.7 Å². The average Bonchev–Trinajstić information content (AvgIpc) is 2.63. The van der Waals surface area contributed by atoms with Crippen LogP contribution in [0.5, 0.6) is 0 Å². The maximum Gasteiger partial charge on any atom is 0.319 e. The number of carbonyl (C=O) groups excluding carboxylic acids is 1. The number of rotatable bonds is 4. The summed E-state index contributed by atoms with van der Waals surface area (Å²) in [4.78, 5) is 23.1. The van der Waals surface area contributed by atoms with Crippen LogP contribution in [0.2, 0.25) is 5.02 Å². The maximum atomic E-state index is 12.1. The molecular formula is C18H22ClN5O. The molecule has 0 unspecified atom stereocenters. The van der Waals surface area contributed by atoms with Crippen LogP contribution >= 0.6 is 11.6 Å². The van der Waals surface area contributed by atoms with Gasteiger partial charge in [0, 0.05) is 19.3 Å². The Morgan fingerprint density at radius 1 is 1.24 bits per heavy atom. The molecule has 25 heavy (non-hydrogen) atoms. The standard InChI is InChI=1S/C18H22ClN5O/c1-13-5-6-15(14(19)11-13)22-18(25)21-12-16-20-8-7-17(23-16)24-9-3-2-4-10-24/h5-8,11H,2-4,9-10,12H2,1H3,(H2,21,22,25). The first kappa shape index (κ1) is 17.5. The van der Waals surface area contributed by atoms with Crippen LogP contribution in [-0.4, -0.2) is 29.1 Å². The number of carbonyl (C=O) groups is 1. The highest BCUT2D eigenvalue weighted by molar-refractivity contribution is 6.33. The van der Waals surface area contributed by atoms with Gasteiger partial charge in [0.15, 0.2) is 0 Å². The van der Waals surface area contributed by atoms with Gasteiger partial charge < -0.3 is 15.5 Å². The Balaban J connectivity index is 1.56. The summed E-state index contributed by atoms with van der Waals surface area (Å²) in [6.07, 6.45) is 5.40. The predicted octanol–water partition coefficient (Wildman–Crippen LogP) is 3.75. The van der Waals surface area contributed by atoms with E-state index in [1.54, 1.807) is 12.3 Å². The van der Waals surface area contributed by atoms with Gasteiger partial charge in [-0.25, -0.2) is 14.8 Å². The molecule has 0 radical (unpaired) electrons. The van der Waals surface area contributed by atoms with E-state index in [0.717, 1.165) is 24.5 Å². The fourth-order valence-corrected chi connectivity index (χ4v) is 3.10. The number of nitrogens with zero attached hydrogens (tertiary/aromatic N) is 3. The fourth-order valence-electron chi connectivity index (χ4n) is 2.82. The molecule has 2 amide bonds. The minimum atomic E-state index is -0.335. The SMILES string of the molecule is Cc1ccc(NC(=O)NCc2nccc(N3CCCCC3)n2)c(Cl)c1. The number of nitrogens with one attached hydrogen (secondary N) is 2. The largest absolute Gasteiger partial charge is 0.357 e. The van der Waals surface area contributed by atoms with Crippen molar-refractivity contribution in [3.8, 4) is 0 Å². The summed E-state index contributed by atoms with van der Waals surface area (Å²) in [7, 11) is 0. The number of benzene rings is 1. The Morgan fingerprint density at radius 3 is 2.80 bits per heavy atom. The lowest BCUT2D eigenvalue weighted by molar-refractivity contribution is 0.251. The summed E-state index contributed by atoms with van der Waals surface area (Å²) in [5.74, 6) is 1.52. The van der Waals surface area contributed by atoms with Crippen LogP contribution in [-0.2, 0) is 6.54 Å². The van der Waals surface area contributed by atoms with Crippen molar-refractivity contribution in [3.05, 3.63) is 46.9 Å². The van der Waals surface area contributed by atoms with Crippen molar-refractivity contribution >= 4 is 29.1 Å². The second-order valence-electron chi connectivity index (χ2n) is 6.17. The van der Waals surface area contributed by atoms with Gasteiger partial charge in [-0.1, -0.05) is 17.7 Å². The van der Waals surface area contributed by atoms with Crippen LogP contribution in [0.15, 0.2) is 30.5 Å². The molecule has 6 nitrogen and oxygen atoms in total. The third-order valence-electron chi connectivity index (χ3n) is 4.15. The normalized spacial score (nSPS) is 14.2. The van der Waals surface area contributed by atoms with E-state index in [9.17, 15) is 4.79 Å². The average molecular weight is 360 g/mol. The molecule has 1 fully saturated rings. The number of aromatic nitrogens is 2. The monoisotopic (exact) mass is 359 g/mol. The van der Waals surface area contributed by atoms with E-state index < -0.39 is 0 Å². The molecule has 1 aromatic heterocycles. The second-order valence-corrected chi connectivity index (χ2v) is 6.58. The van der Waals surface area contributed by atoms with Crippen LogP contribution in [0, 0.1) is 6.92 Å². The predicted molar refractivity (Wildman–Crippen MR) is 100 cm³/mol. The molecule has 1 aromatic carbocycles. The van der Waals surface area contributed by atoms with Crippen molar-refractivity contribution in [1.82, 2.24) is 15.3 Å². The fraction of sp³-hybridized carbons (Fsp3) is 0.389. The van der Waals surface area contributed by atoms with Crippen molar-refractivity contribution < 1.29 is 4.79 Å². The highest BCUT2D eigenvalue weighted by atomic mass is 35.5. The summed E-state index contributed by atoms with van der Waals surface area (Å²) >= 11 is 6.12. The molecule has 2 aromatic rings. The zero-order valence-electron chi connectivity index (χ0n) is 14.3. The van der Waals surface area contributed by atoms with Gasteiger partial charge in [-0.2, -0.15) is 0 Å². The summed E-state index contributed by atoms with van der Waals surface area (Å²) < 4.78 is 0. The summed E-state index contributed by atoms with van der Waals surface area (Å²) in [6.45, 7) is 4.26. The lowest BCUT2D eigenvalue weighted by atomic mass is 10.1. The van der Waals surface area contributed by atoms with Gasteiger partial charge in [-0.15, -0.1) is 0 Å². The van der Waals surface area contributed by atoms with Gasteiger partial charge >= 0.3 is 6.03 Å². The molecule has 0 bridgehead atoms. The molecule has 3 rings (SSSR count). The van der Waals surface area contributed by atoms with Crippen molar-refractivity contribution in [3.63, 3.8) is 0 Å². The van der Waals surface area contributed by atoms with Crippen LogP contribution in [0.3, 0.4) is 0 Å². The van der Waals surface area contributed by atoms with Crippen LogP contribution < -0.4 is 15.5 Å². The first-order valence-electron chi connectivity index (χ1n) is 8.50. The third kappa shape index (κ3) is 4.82. The summed E-state index contributed by atoms with van der Waals surface area (Å²) in [6, 6.07) is 7.07. The maximum absolute atomic E-state index is 12.1. The Morgan fingerprint density at radius 2 is 2.04 bits per heavy atom. The first-order chi connectivity index (χ1) is 12.1. The Kier molecular flexibility index (Phi) is 5.71. The topological polar surface area (TPSA) is 70.2 Å². The molecule has 0 aliphatic carbocycles. The quantitative estimate of drug-likeness (QED) is 0.872. The van der Waals surface area contributed by atoms with Crippen molar-refractivity contribution in [1.29, 1.82) is 0 Å². The molecule has 0 spiro atoms. The zero-order chi connectivity index (χ0) is 17.6. The minimum absolute atomic E-state index is 0.261. The van der Waals surface area contributed by atoms with E-state index >= 15 is 0 Å².